The van der Waals surface area contributed by atoms with Gasteiger partial charge in [-0.2, -0.15) is 0 Å². The standard InChI is InChI=1S/C6H6O3/c7-6(8)5-3-1-2-4-9-5/h1-5H,(H,7,8)/p-1. The first kappa shape index (κ1) is 5.88. The average Bonchev–Trinajstić information content (AvgIpc) is 1.90. The van der Waals surface area contributed by atoms with E-state index in [1.54, 1.807) is 12.2 Å². The van der Waals surface area contributed by atoms with Crippen LogP contribution in [-0.4, -0.2) is 12.1 Å². The quantitative estimate of drug-likeness (QED) is 0.461. The van der Waals surface area contributed by atoms with E-state index in [0.717, 1.165) is 0 Å². The van der Waals surface area contributed by atoms with Crippen LogP contribution in [0.4, 0.5) is 0 Å². The number of hydrogen-bond donors (Lipinski definition) is 0. The Morgan fingerprint density at radius 2 is 2.33 bits per heavy atom. The van der Waals surface area contributed by atoms with Gasteiger partial charge in [0.15, 0.2) is 6.10 Å². The monoisotopic (exact) mass is 125 g/mol. The molecule has 3 heteroatoms. The normalized spacial score (nSPS) is 23.3. The largest absolute Gasteiger partial charge is 0.546 e. The lowest BCUT2D eigenvalue weighted by atomic mass is 10.3. The van der Waals surface area contributed by atoms with E-state index >= 15 is 0 Å². The molecule has 1 rings (SSSR count). The third kappa shape index (κ3) is 1.32. The summed E-state index contributed by atoms with van der Waals surface area (Å²) in [6, 6.07) is 0. The van der Waals surface area contributed by atoms with Crippen LogP contribution in [0.25, 0.3) is 0 Å². The van der Waals surface area contributed by atoms with Crippen molar-refractivity contribution in [1.29, 1.82) is 0 Å². The minimum absolute atomic E-state index is 0.907. The van der Waals surface area contributed by atoms with Gasteiger partial charge in [-0.25, -0.2) is 0 Å². The summed E-state index contributed by atoms with van der Waals surface area (Å²) in [6.45, 7) is 0. The summed E-state index contributed by atoms with van der Waals surface area (Å²) in [5.74, 6) is -1.21. The van der Waals surface area contributed by atoms with Crippen molar-refractivity contribution in [3.8, 4) is 0 Å². The molecule has 1 unspecified atom stereocenters. The summed E-state index contributed by atoms with van der Waals surface area (Å²) in [6.07, 6.45) is 5.04. The molecule has 0 spiro atoms. The molecule has 0 N–H and O–H groups in total. The van der Waals surface area contributed by atoms with E-state index in [1.807, 2.05) is 0 Å². The summed E-state index contributed by atoms with van der Waals surface area (Å²) in [7, 11) is 0. The van der Waals surface area contributed by atoms with E-state index in [0.29, 0.717) is 0 Å². The molecule has 9 heavy (non-hydrogen) atoms. The van der Waals surface area contributed by atoms with Gasteiger partial charge in [0.25, 0.3) is 0 Å². The molecule has 0 aromatic carbocycles. The second-order valence-corrected chi connectivity index (χ2v) is 1.59. The van der Waals surface area contributed by atoms with Crippen LogP contribution < -0.4 is 5.11 Å². The minimum Gasteiger partial charge on any atom is -0.546 e. The molecule has 1 atom stereocenters. The number of aliphatic carboxylic acids is 1. The Kier molecular flexibility index (Phi) is 1.53. The van der Waals surface area contributed by atoms with Crippen LogP contribution in [0.5, 0.6) is 0 Å². The highest BCUT2D eigenvalue weighted by Gasteiger charge is 2.04. The molecule has 48 valence electrons. The predicted molar refractivity (Wildman–Crippen MR) is 28.2 cm³/mol. The molecule has 0 saturated carbocycles. The number of rotatable bonds is 1. The first-order chi connectivity index (χ1) is 4.30. The second kappa shape index (κ2) is 2.35. The van der Waals surface area contributed by atoms with Crippen molar-refractivity contribution in [2.75, 3.05) is 0 Å². The van der Waals surface area contributed by atoms with Crippen molar-refractivity contribution in [2.45, 2.75) is 6.10 Å². The molecule has 0 aromatic heterocycles. The zero-order valence-electron chi connectivity index (χ0n) is 4.61. The molecule has 0 aromatic rings. The van der Waals surface area contributed by atoms with Crippen LogP contribution in [0, 0.1) is 0 Å². The number of carboxylic acids is 1. The van der Waals surface area contributed by atoms with Crippen LogP contribution in [-0.2, 0) is 9.53 Å². The van der Waals surface area contributed by atoms with Gasteiger partial charge in [0.05, 0.1) is 12.2 Å². The molecule has 0 saturated heterocycles. The van der Waals surface area contributed by atoms with Crippen LogP contribution in [0.3, 0.4) is 0 Å². The summed E-state index contributed by atoms with van der Waals surface area (Å²) in [5.41, 5.74) is 0. The Morgan fingerprint density at radius 3 is 2.67 bits per heavy atom. The maximum Gasteiger partial charge on any atom is 0.156 e. The van der Waals surface area contributed by atoms with Gasteiger partial charge in [-0.15, -0.1) is 0 Å². The summed E-state index contributed by atoms with van der Waals surface area (Å²) in [5, 5.41) is 10.0. The zero-order chi connectivity index (χ0) is 6.69. The fourth-order valence-corrected chi connectivity index (χ4v) is 0.520. The molecule has 1 aliphatic heterocycles. The maximum atomic E-state index is 10.0. The van der Waals surface area contributed by atoms with E-state index in [2.05, 4.69) is 4.74 Å². The predicted octanol–water partition coefficient (Wildman–Crippen LogP) is -0.795. The lowest BCUT2D eigenvalue weighted by molar-refractivity contribution is -0.312. The summed E-state index contributed by atoms with van der Waals surface area (Å²) >= 11 is 0. The topological polar surface area (TPSA) is 49.4 Å². The van der Waals surface area contributed by atoms with Crippen LogP contribution in [0.1, 0.15) is 0 Å². The number of allylic oxidation sites excluding steroid dienone is 2. The van der Waals surface area contributed by atoms with E-state index in [-0.39, 0.29) is 0 Å². The van der Waals surface area contributed by atoms with E-state index < -0.39 is 12.1 Å². The van der Waals surface area contributed by atoms with E-state index in [4.69, 9.17) is 0 Å². The van der Waals surface area contributed by atoms with Gasteiger partial charge in [0.2, 0.25) is 0 Å². The van der Waals surface area contributed by atoms with Crippen LogP contribution >= 0.6 is 0 Å². The molecule has 0 bridgehead atoms. The van der Waals surface area contributed by atoms with Gasteiger partial charge in [-0.1, -0.05) is 6.08 Å². The lowest BCUT2D eigenvalue weighted by Gasteiger charge is -2.14. The summed E-state index contributed by atoms with van der Waals surface area (Å²) < 4.78 is 4.61. The lowest BCUT2D eigenvalue weighted by Crippen LogP contribution is -2.35. The molecule has 0 fully saturated rings. The van der Waals surface area contributed by atoms with Crippen molar-refractivity contribution < 1.29 is 14.6 Å². The van der Waals surface area contributed by atoms with E-state index in [9.17, 15) is 9.90 Å². The van der Waals surface area contributed by atoms with Gasteiger partial charge < -0.3 is 14.6 Å². The third-order valence-corrected chi connectivity index (χ3v) is 0.933. The number of ether oxygens (including phenoxy) is 1. The van der Waals surface area contributed by atoms with Gasteiger partial charge in [-0.3, -0.25) is 0 Å². The molecular formula is C6H5O3-. The van der Waals surface area contributed by atoms with E-state index in [1.165, 1.54) is 12.3 Å². The fourth-order valence-electron chi connectivity index (χ4n) is 0.520. The molecule has 0 aliphatic carbocycles. The molecular weight excluding hydrogens is 120 g/mol. The Balaban J connectivity index is 2.56. The number of carboxylic acid groups (broad SMARTS) is 1. The van der Waals surface area contributed by atoms with Crippen LogP contribution in [0.2, 0.25) is 0 Å². The molecule has 0 radical (unpaired) electrons. The SMILES string of the molecule is O=C([O-])C1C=CC=CO1. The Hall–Kier alpha value is -1.25. The van der Waals surface area contributed by atoms with Crippen molar-refractivity contribution in [1.82, 2.24) is 0 Å². The zero-order valence-corrected chi connectivity index (χ0v) is 4.61. The highest BCUT2D eigenvalue weighted by atomic mass is 16.5. The number of carbonyl (C=O) groups is 1. The Labute approximate surface area is 52.2 Å². The molecule has 1 aliphatic rings. The van der Waals surface area contributed by atoms with Crippen molar-refractivity contribution in [3.05, 3.63) is 24.5 Å². The number of carbonyl (C=O) groups excluding carboxylic acids is 1. The minimum atomic E-state index is -1.21. The Morgan fingerprint density at radius 1 is 1.56 bits per heavy atom. The fraction of sp³-hybridized carbons (Fsp3) is 0.167. The first-order valence-corrected chi connectivity index (χ1v) is 2.50. The van der Waals surface area contributed by atoms with Crippen LogP contribution in [0.15, 0.2) is 24.5 Å². The Bertz CT molecular complexity index is 169. The maximum absolute atomic E-state index is 10.0. The van der Waals surface area contributed by atoms with Gasteiger partial charge in [-0.05, 0) is 12.2 Å². The summed E-state index contributed by atoms with van der Waals surface area (Å²) in [4.78, 5) is 10.0. The van der Waals surface area contributed by atoms with Crippen molar-refractivity contribution in [2.24, 2.45) is 0 Å². The molecule has 1 heterocycles. The van der Waals surface area contributed by atoms with Gasteiger partial charge in [0.1, 0.15) is 0 Å². The van der Waals surface area contributed by atoms with Crippen molar-refractivity contribution >= 4 is 5.97 Å². The number of hydrogen-bond acceptors (Lipinski definition) is 3. The van der Waals surface area contributed by atoms with Crippen molar-refractivity contribution in [3.63, 3.8) is 0 Å². The highest BCUT2D eigenvalue weighted by molar-refractivity contribution is 5.72. The highest BCUT2D eigenvalue weighted by Crippen LogP contribution is 1.99. The average molecular weight is 125 g/mol. The second-order valence-electron chi connectivity index (χ2n) is 1.59. The smallest absolute Gasteiger partial charge is 0.156 e. The van der Waals surface area contributed by atoms with Gasteiger partial charge >= 0.3 is 0 Å². The third-order valence-electron chi connectivity index (χ3n) is 0.933. The van der Waals surface area contributed by atoms with Gasteiger partial charge in [0, 0.05) is 0 Å². The first-order valence-electron chi connectivity index (χ1n) is 2.50. The molecule has 3 nitrogen and oxygen atoms in total. The molecule has 0 amide bonds.